The molecular weight excluding hydrogens is 402 g/mol. The number of nitrogens with one attached hydrogen (secondary N) is 2. The van der Waals surface area contributed by atoms with E-state index in [1.54, 1.807) is 0 Å². The minimum atomic E-state index is -0.501. The molecule has 2 amide bonds. The van der Waals surface area contributed by atoms with Gasteiger partial charge < -0.3 is 21.3 Å². The Morgan fingerprint density at radius 3 is 2.38 bits per heavy atom. The molecule has 1 aliphatic rings. The van der Waals surface area contributed by atoms with E-state index >= 15 is 0 Å². The second-order valence-corrected chi connectivity index (χ2v) is 8.91. The number of benzene rings is 1. The summed E-state index contributed by atoms with van der Waals surface area (Å²) in [5.74, 6) is 1.27. The van der Waals surface area contributed by atoms with Crippen LogP contribution in [0.25, 0.3) is 0 Å². The fourth-order valence-corrected chi connectivity index (χ4v) is 3.92. The van der Waals surface area contributed by atoms with Gasteiger partial charge in [0.05, 0.1) is 11.3 Å². The Hall–Kier alpha value is -3.09. The molecule has 32 heavy (non-hydrogen) atoms. The van der Waals surface area contributed by atoms with Crippen molar-refractivity contribution in [1.29, 1.82) is 0 Å². The second kappa shape index (κ2) is 10.5. The topological polar surface area (TPSA) is 100 Å². The first-order valence-corrected chi connectivity index (χ1v) is 11.5. The lowest BCUT2D eigenvalue weighted by atomic mass is 9.89. The van der Waals surface area contributed by atoms with E-state index in [4.69, 9.17) is 5.73 Å². The Morgan fingerprint density at radius 2 is 1.81 bits per heavy atom. The van der Waals surface area contributed by atoms with Crippen LogP contribution in [0.2, 0.25) is 0 Å². The summed E-state index contributed by atoms with van der Waals surface area (Å²) in [7, 11) is 0. The number of rotatable bonds is 8. The van der Waals surface area contributed by atoms with Crippen molar-refractivity contribution in [2.45, 2.75) is 58.9 Å². The molecule has 0 bridgehead atoms. The zero-order valence-corrected chi connectivity index (χ0v) is 19.5. The summed E-state index contributed by atoms with van der Waals surface area (Å²) in [5.41, 5.74) is 8.81. The van der Waals surface area contributed by atoms with E-state index in [9.17, 15) is 9.59 Å². The second-order valence-electron chi connectivity index (χ2n) is 8.91. The summed E-state index contributed by atoms with van der Waals surface area (Å²) in [6, 6.07) is 10.4. The number of primary amides is 1. The van der Waals surface area contributed by atoms with E-state index in [1.165, 1.54) is 11.8 Å². The number of likely N-dealkylation sites (tertiary alicyclic amines) is 1. The number of pyridine rings is 1. The lowest BCUT2D eigenvalue weighted by Crippen LogP contribution is -2.37. The average Bonchev–Trinajstić information content (AvgIpc) is 2.79. The quantitative estimate of drug-likeness (QED) is 0.565. The lowest BCUT2D eigenvalue weighted by molar-refractivity contribution is -0.131. The first-order valence-electron chi connectivity index (χ1n) is 11.5. The van der Waals surface area contributed by atoms with Crippen molar-refractivity contribution in [3.05, 3.63) is 47.7 Å². The van der Waals surface area contributed by atoms with Crippen molar-refractivity contribution >= 4 is 29.0 Å². The van der Waals surface area contributed by atoms with Crippen LogP contribution in [0, 0.1) is 5.92 Å². The molecule has 0 aliphatic carbocycles. The van der Waals surface area contributed by atoms with Crippen LogP contribution in [-0.4, -0.2) is 40.8 Å². The van der Waals surface area contributed by atoms with Crippen molar-refractivity contribution in [2.24, 2.45) is 11.7 Å². The number of anilines is 3. The maximum absolute atomic E-state index is 11.9. The zero-order chi connectivity index (χ0) is 23.3. The summed E-state index contributed by atoms with van der Waals surface area (Å²) in [4.78, 5) is 30.0. The smallest absolute Gasteiger partial charge is 0.252 e. The fraction of sp³-hybridized carbons (Fsp3) is 0.480. The third-order valence-electron chi connectivity index (χ3n) is 6.36. The van der Waals surface area contributed by atoms with Gasteiger partial charge in [-0.2, -0.15) is 0 Å². The molecule has 0 unspecified atom stereocenters. The van der Waals surface area contributed by atoms with Gasteiger partial charge in [0.2, 0.25) is 5.91 Å². The molecule has 4 N–H and O–H groups in total. The van der Waals surface area contributed by atoms with Crippen LogP contribution in [0.5, 0.6) is 0 Å². The van der Waals surface area contributed by atoms with E-state index in [0.717, 1.165) is 31.6 Å². The van der Waals surface area contributed by atoms with E-state index in [1.807, 2.05) is 30.0 Å². The summed E-state index contributed by atoms with van der Waals surface area (Å²) >= 11 is 0. The van der Waals surface area contributed by atoms with Gasteiger partial charge in [0.1, 0.15) is 5.82 Å². The molecule has 1 aromatic carbocycles. The standard InChI is InChI=1S/C25H35N5O2/c1-5-24(31)30-12-10-19(11-13-30)18-6-8-20(9-7-18)29-23-14-22(28-17(4)16(2)3)21(15-27-23)25(26)32/h6-9,14-17,19H,5,10-13H2,1-4H3,(H2,26,32)(H2,27,28,29)/t17-/m1/s1. The van der Waals surface area contributed by atoms with Crippen molar-refractivity contribution in [1.82, 2.24) is 9.88 Å². The van der Waals surface area contributed by atoms with Gasteiger partial charge in [0.15, 0.2) is 0 Å². The predicted molar refractivity (Wildman–Crippen MR) is 129 cm³/mol. The molecule has 1 saturated heterocycles. The van der Waals surface area contributed by atoms with Crippen molar-refractivity contribution in [3.8, 4) is 0 Å². The van der Waals surface area contributed by atoms with Crippen LogP contribution < -0.4 is 16.4 Å². The molecule has 1 fully saturated rings. The first-order chi connectivity index (χ1) is 15.3. The average molecular weight is 438 g/mol. The Kier molecular flexibility index (Phi) is 7.72. The molecule has 3 rings (SSSR count). The number of hydrogen-bond acceptors (Lipinski definition) is 5. The van der Waals surface area contributed by atoms with Gasteiger partial charge in [-0.25, -0.2) is 4.98 Å². The van der Waals surface area contributed by atoms with Gasteiger partial charge in [-0.1, -0.05) is 32.9 Å². The number of aromatic nitrogens is 1. The molecule has 1 aromatic heterocycles. The highest BCUT2D eigenvalue weighted by molar-refractivity contribution is 5.98. The van der Waals surface area contributed by atoms with Crippen LogP contribution in [0.3, 0.4) is 0 Å². The molecule has 7 heteroatoms. The maximum atomic E-state index is 11.9. The molecule has 172 valence electrons. The molecule has 0 spiro atoms. The lowest BCUT2D eigenvalue weighted by Gasteiger charge is -2.32. The minimum absolute atomic E-state index is 0.182. The monoisotopic (exact) mass is 437 g/mol. The maximum Gasteiger partial charge on any atom is 0.252 e. The number of carbonyl (C=O) groups excluding carboxylic acids is 2. The molecule has 0 radical (unpaired) electrons. The molecule has 0 saturated carbocycles. The third kappa shape index (κ3) is 5.78. The molecule has 1 aliphatic heterocycles. The minimum Gasteiger partial charge on any atom is -0.382 e. The first kappa shape index (κ1) is 23.6. The van der Waals surface area contributed by atoms with Crippen LogP contribution in [0.15, 0.2) is 36.5 Å². The van der Waals surface area contributed by atoms with Crippen LogP contribution in [0.4, 0.5) is 17.2 Å². The number of carbonyl (C=O) groups is 2. The Balaban J connectivity index is 1.67. The van der Waals surface area contributed by atoms with Gasteiger partial charge in [-0.05, 0) is 49.3 Å². The molecule has 1 atom stereocenters. The van der Waals surface area contributed by atoms with E-state index in [0.29, 0.717) is 35.3 Å². The van der Waals surface area contributed by atoms with Crippen molar-refractivity contribution < 1.29 is 9.59 Å². The van der Waals surface area contributed by atoms with Crippen LogP contribution in [0.1, 0.15) is 68.8 Å². The summed E-state index contributed by atoms with van der Waals surface area (Å²) < 4.78 is 0. The zero-order valence-electron chi connectivity index (χ0n) is 19.5. The fourth-order valence-electron chi connectivity index (χ4n) is 3.92. The highest BCUT2D eigenvalue weighted by Gasteiger charge is 2.23. The normalized spacial score (nSPS) is 15.5. The molecule has 7 nitrogen and oxygen atoms in total. The summed E-state index contributed by atoms with van der Waals surface area (Å²) in [5, 5.41) is 6.69. The van der Waals surface area contributed by atoms with Crippen LogP contribution in [-0.2, 0) is 4.79 Å². The number of nitrogens with zero attached hydrogens (tertiary/aromatic N) is 2. The number of amides is 2. The molecule has 2 heterocycles. The highest BCUT2D eigenvalue weighted by atomic mass is 16.2. The largest absolute Gasteiger partial charge is 0.382 e. The molecular formula is C25H35N5O2. The third-order valence-corrected chi connectivity index (χ3v) is 6.36. The number of hydrogen-bond donors (Lipinski definition) is 3. The summed E-state index contributed by atoms with van der Waals surface area (Å²) in [6.07, 6.45) is 4.09. The van der Waals surface area contributed by atoms with Crippen molar-refractivity contribution in [3.63, 3.8) is 0 Å². The number of nitrogens with two attached hydrogens (primary N) is 1. The Morgan fingerprint density at radius 1 is 1.16 bits per heavy atom. The highest BCUT2D eigenvalue weighted by Crippen LogP contribution is 2.30. The van der Waals surface area contributed by atoms with Gasteiger partial charge >= 0.3 is 0 Å². The van der Waals surface area contributed by atoms with Crippen molar-refractivity contribution in [2.75, 3.05) is 23.7 Å². The van der Waals surface area contributed by atoms with Gasteiger partial charge in [-0.15, -0.1) is 0 Å². The Labute approximate surface area is 190 Å². The van der Waals surface area contributed by atoms with E-state index in [-0.39, 0.29) is 11.9 Å². The summed E-state index contributed by atoms with van der Waals surface area (Å²) in [6.45, 7) is 9.89. The van der Waals surface area contributed by atoms with Gasteiger partial charge in [-0.3, -0.25) is 9.59 Å². The van der Waals surface area contributed by atoms with E-state index < -0.39 is 5.91 Å². The SMILES string of the molecule is CCC(=O)N1CCC(c2ccc(Nc3cc(N[C@H](C)C(C)C)c(C(N)=O)cn3)cc2)CC1. The van der Waals surface area contributed by atoms with Crippen LogP contribution >= 0.6 is 0 Å². The van der Waals surface area contributed by atoms with Gasteiger partial charge in [0, 0.05) is 43.5 Å². The number of piperidine rings is 1. The van der Waals surface area contributed by atoms with Gasteiger partial charge in [0.25, 0.3) is 5.91 Å². The Bertz CT molecular complexity index is 934. The van der Waals surface area contributed by atoms with E-state index in [2.05, 4.69) is 48.5 Å². The molecule has 2 aromatic rings. The predicted octanol–water partition coefficient (Wildman–Crippen LogP) is 4.50.